The van der Waals surface area contributed by atoms with Crippen molar-refractivity contribution in [2.45, 2.75) is 25.2 Å². The number of hydrogen-bond acceptors (Lipinski definition) is 4. The maximum absolute atomic E-state index is 12.4. The molecule has 0 atom stereocenters. The van der Waals surface area contributed by atoms with E-state index in [0.717, 1.165) is 5.56 Å². The van der Waals surface area contributed by atoms with Crippen molar-refractivity contribution in [3.63, 3.8) is 0 Å². The van der Waals surface area contributed by atoms with Crippen LogP contribution in [0.4, 0.5) is 5.69 Å². The van der Waals surface area contributed by atoms with Crippen LogP contribution in [0, 0.1) is 0 Å². The average molecular weight is 412 g/mol. The van der Waals surface area contributed by atoms with E-state index >= 15 is 0 Å². The van der Waals surface area contributed by atoms with E-state index in [1.165, 1.54) is 28.6 Å². The van der Waals surface area contributed by atoms with Crippen LogP contribution in [0.2, 0.25) is 0 Å². The Bertz CT molecular complexity index is 834. The molecule has 0 heterocycles. The summed E-state index contributed by atoms with van der Waals surface area (Å²) in [5.74, 6) is -0.229. The monoisotopic (exact) mass is 411 g/mol. The molecule has 0 radical (unpaired) electrons. The van der Waals surface area contributed by atoms with E-state index < -0.39 is 10.0 Å². The molecule has 0 aromatic heterocycles. The van der Waals surface area contributed by atoms with Crippen LogP contribution < -0.4 is 11.1 Å². The second kappa shape index (κ2) is 10.3. The summed E-state index contributed by atoms with van der Waals surface area (Å²) in [5, 5.41) is 2.84. The van der Waals surface area contributed by atoms with Crippen LogP contribution in [-0.4, -0.2) is 38.3 Å². The SMILES string of the molecule is CCN(CC)S(=O)(=O)c1ccc(C(=O)NCCc2ccc(N)cc2)cc1.Cl. The molecule has 2 rings (SSSR count). The van der Waals surface area contributed by atoms with Gasteiger partial charge in [-0.2, -0.15) is 4.31 Å². The van der Waals surface area contributed by atoms with Crippen LogP contribution in [0.25, 0.3) is 0 Å². The average Bonchev–Trinajstić information content (AvgIpc) is 2.64. The highest BCUT2D eigenvalue weighted by Gasteiger charge is 2.21. The van der Waals surface area contributed by atoms with Gasteiger partial charge in [0.2, 0.25) is 10.0 Å². The summed E-state index contributed by atoms with van der Waals surface area (Å²) in [6, 6.07) is 13.5. The van der Waals surface area contributed by atoms with Gasteiger partial charge in [0, 0.05) is 30.9 Å². The van der Waals surface area contributed by atoms with Crippen LogP contribution in [0.15, 0.2) is 53.4 Å². The third-order valence-electron chi connectivity index (χ3n) is 4.14. The molecule has 0 aliphatic rings. The predicted octanol–water partition coefficient (Wildman–Crippen LogP) is 2.69. The predicted molar refractivity (Wildman–Crippen MR) is 111 cm³/mol. The second-order valence-corrected chi connectivity index (χ2v) is 7.80. The van der Waals surface area contributed by atoms with E-state index in [0.29, 0.717) is 37.3 Å². The molecule has 6 nitrogen and oxygen atoms in total. The van der Waals surface area contributed by atoms with Gasteiger partial charge in [0.25, 0.3) is 5.91 Å². The number of nitrogens with one attached hydrogen (secondary N) is 1. The minimum Gasteiger partial charge on any atom is -0.399 e. The van der Waals surface area contributed by atoms with Crippen molar-refractivity contribution in [2.75, 3.05) is 25.4 Å². The molecule has 3 N–H and O–H groups in total. The van der Waals surface area contributed by atoms with Gasteiger partial charge in [0.1, 0.15) is 0 Å². The summed E-state index contributed by atoms with van der Waals surface area (Å²) in [5.41, 5.74) is 7.86. The van der Waals surface area contributed by atoms with Gasteiger partial charge >= 0.3 is 0 Å². The summed E-state index contributed by atoms with van der Waals surface area (Å²) >= 11 is 0. The molecule has 0 bridgehead atoms. The van der Waals surface area contributed by atoms with Crippen molar-refractivity contribution >= 4 is 34.0 Å². The molecular weight excluding hydrogens is 386 g/mol. The lowest BCUT2D eigenvalue weighted by Crippen LogP contribution is -2.30. The summed E-state index contributed by atoms with van der Waals surface area (Å²) in [6.07, 6.45) is 0.695. The molecule has 2 aromatic carbocycles. The van der Waals surface area contributed by atoms with Crippen LogP contribution in [-0.2, 0) is 16.4 Å². The Balaban J connectivity index is 0.00000364. The van der Waals surface area contributed by atoms with Gasteiger partial charge in [-0.3, -0.25) is 4.79 Å². The smallest absolute Gasteiger partial charge is 0.251 e. The summed E-state index contributed by atoms with van der Waals surface area (Å²) in [4.78, 5) is 12.4. The van der Waals surface area contributed by atoms with Crippen molar-refractivity contribution in [2.24, 2.45) is 0 Å². The highest BCUT2D eigenvalue weighted by Crippen LogP contribution is 2.16. The molecule has 8 heteroatoms. The zero-order valence-electron chi connectivity index (χ0n) is 15.5. The zero-order chi connectivity index (χ0) is 19.2. The van der Waals surface area contributed by atoms with E-state index in [-0.39, 0.29) is 23.2 Å². The molecular formula is C19H26ClN3O3S. The molecule has 0 aliphatic carbocycles. The molecule has 27 heavy (non-hydrogen) atoms. The lowest BCUT2D eigenvalue weighted by atomic mass is 10.1. The highest BCUT2D eigenvalue weighted by atomic mass is 35.5. The first-order valence-electron chi connectivity index (χ1n) is 8.61. The van der Waals surface area contributed by atoms with Gasteiger partial charge in [-0.05, 0) is 48.4 Å². The molecule has 148 valence electrons. The third kappa shape index (κ3) is 5.95. The quantitative estimate of drug-likeness (QED) is 0.653. The van der Waals surface area contributed by atoms with Crippen molar-refractivity contribution in [3.05, 3.63) is 59.7 Å². The van der Waals surface area contributed by atoms with Gasteiger partial charge in [0.05, 0.1) is 4.90 Å². The van der Waals surface area contributed by atoms with E-state index in [1.54, 1.807) is 13.8 Å². The van der Waals surface area contributed by atoms with E-state index in [9.17, 15) is 13.2 Å². The maximum Gasteiger partial charge on any atom is 0.251 e. The number of carbonyl (C=O) groups excluding carboxylic acids is 1. The molecule has 0 aliphatic heterocycles. The molecule has 0 saturated heterocycles. The molecule has 0 unspecified atom stereocenters. The fourth-order valence-corrected chi connectivity index (χ4v) is 4.06. The van der Waals surface area contributed by atoms with Crippen molar-refractivity contribution < 1.29 is 13.2 Å². The minimum absolute atomic E-state index is 0. The highest BCUT2D eigenvalue weighted by molar-refractivity contribution is 7.89. The summed E-state index contributed by atoms with van der Waals surface area (Å²) in [7, 11) is -3.51. The Kier molecular flexibility index (Phi) is 8.75. The van der Waals surface area contributed by atoms with Crippen LogP contribution in [0.3, 0.4) is 0 Å². The summed E-state index contributed by atoms with van der Waals surface area (Å²) < 4.78 is 26.3. The van der Waals surface area contributed by atoms with Crippen LogP contribution in [0.1, 0.15) is 29.8 Å². The molecule has 2 aromatic rings. The Labute approximate surface area is 167 Å². The van der Waals surface area contributed by atoms with Gasteiger partial charge in [-0.25, -0.2) is 8.42 Å². The Morgan fingerprint density at radius 2 is 1.56 bits per heavy atom. The summed E-state index contributed by atoms with van der Waals surface area (Å²) in [6.45, 7) is 4.90. The number of benzene rings is 2. The van der Waals surface area contributed by atoms with Crippen LogP contribution in [0.5, 0.6) is 0 Å². The van der Waals surface area contributed by atoms with E-state index in [2.05, 4.69) is 5.32 Å². The van der Waals surface area contributed by atoms with Gasteiger partial charge in [0.15, 0.2) is 0 Å². The largest absolute Gasteiger partial charge is 0.399 e. The van der Waals surface area contributed by atoms with E-state index in [4.69, 9.17) is 5.73 Å². The topological polar surface area (TPSA) is 92.5 Å². The second-order valence-electron chi connectivity index (χ2n) is 5.86. The number of sulfonamides is 1. The number of hydrogen-bond donors (Lipinski definition) is 2. The number of halogens is 1. The number of anilines is 1. The molecule has 0 saturated carbocycles. The number of carbonyl (C=O) groups is 1. The number of rotatable bonds is 8. The fourth-order valence-electron chi connectivity index (χ4n) is 2.60. The van der Waals surface area contributed by atoms with Crippen molar-refractivity contribution in [1.82, 2.24) is 9.62 Å². The lowest BCUT2D eigenvalue weighted by molar-refractivity contribution is 0.0954. The van der Waals surface area contributed by atoms with Gasteiger partial charge in [-0.15, -0.1) is 12.4 Å². The Morgan fingerprint density at radius 1 is 1.00 bits per heavy atom. The number of amides is 1. The zero-order valence-corrected chi connectivity index (χ0v) is 17.1. The van der Waals surface area contributed by atoms with E-state index in [1.807, 2.05) is 24.3 Å². The third-order valence-corrected chi connectivity index (χ3v) is 6.20. The first-order valence-corrected chi connectivity index (χ1v) is 10.0. The fraction of sp³-hybridized carbons (Fsp3) is 0.316. The van der Waals surface area contributed by atoms with Crippen molar-refractivity contribution in [3.8, 4) is 0 Å². The van der Waals surface area contributed by atoms with Crippen LogP contribution >= 0.6 is 12.4 Å². The maximum atomic E-state index is 12.4. The van der Waals surface area contributed by atoms with Crippen molar-refractivity contribution in [1.29, 1.82) is 0 Å². The number of nitrogen functional groups attached to an aromatic ring is 1. The lowest BCUT2D eigenvalue weighted by Gasteiger charge is -2.18. The van der Waals surface area contributed by atoms with Gasteiger partial charge in [-0.1, -0.05) is 26.0 Å². The molecule has 0 spiro atoms. The minimum atomic E-state index is -3.51. The van der Waals surface area contributed by atoms with Gasteiger partial charge < -0.3 is 11.1 Å². The Morgan fingerprint density at radius 3 is 2.07 bits per heavy atom. The molecule has 0 fully saturated rings. The first kappa shape index (κ1) is 23.0. The normalized spacial score (nSPS) is 11.1. The first-order chi connectivity index (χ1) is 12.4. The standard InChI is InChI=1S/C19H25N3O3S.ClH/c1-3-22(4-2)26(24,25)18-11-7-16(8-12-18)19(23)21-14-13-15-5-9-17(20)10-6-15;/h5-12H,3-4,13-14,20H2,1-2H3,(H,21,23);1H. The molecule has 1 amide bonds. The number of nitrogens with zero attached hydrogens (tertiary/aromatic N) is 1. The number of nitrogens with two attached hydrogens (primary N) is 1. The Hall–Kier alpha value is -2.09.